The van der Waals surface area contributed by atoms with Crippen molar-refractivity contribution in [3.63, 3.8) is 0 Å². The summed E-state index contributed by atoms with van der Waals surface area (Å²) in [5.41, 5.74) is 0. The number of hydrogen-bond acceptors (Lipinski definition) is 1. The summed E-state index contributed by atoms with van der Waals surface area (Å²) in [6.45, 7) is 6.98. The molecule has 0 bridgehead atoms. The lowest BCUT2D eigenvalue weighted by molar-refractivity contribution is 0.459. The van der Waals surface area contributed by atoms with Gasteiger partial charge in [0.05, 0.1) is 0 Å². The van der Waals surface area contributed by atoms with Gasteiger partial charge in [0.25, 0.3) is 0 Å². The zero-order chi connectivity index (χ0) is 8.10. The molecule has 0 saturated heterocycles. The number of hydrogen-bond donors (Lipinski definition) is 1. The van der Waals surface area contributed by atoms with Crippen molar-refractivity contribution in [2.45, 2.75) is 39.5 Å². The lowest BCUT2D eigenvalue weighted by atomic mass is 10.1. The van der Waals surface area contributed by atoms with Crippen LogP contribution >= 0.6 is 0 Å². The molecule has 1 N–H and O–H groups in total. The summed E-state index contributed by atoms with van der Waals surface area (Å²) in [5, 5.41) is 3.53. The van der Waals surface area contributed by atoms with Gasteiger partial charge in [-0.25, -0.2) is 0 Å². The average Bonchev–Trinajstić information content (AvgIpc) is 2.39. The van der Waals surface area contributed by atoms with E-state index in [-0.39, 0.29) is 0 Å². The minimum atomic E-state index is 0.802. The van der Waals surface area contributed by atoms with E-state index in [9.17, 15) is 0 Å². The standard InChI is InChI=1S/C10H21N/c1-9(2)7-11-8-10-5-3-4-6-10/h9-11H,3-8H2,1-2H3. The van der Waals surface area contributed by atoms with Crippen molar-refractivity contribution in [3.8, 4) is 0 Å². The molecule has 0 atom stereocenters. The molecule has 0 aromatic rings. The lowest BCUT2D eigenvalue weighted by Gasteiger charge is -2.11. The van der Waals surface area contributed by atoms with Gasteiger partial charge in [0.1, 0.15) is 0 Å². The van der Waals surface area contributed by atoms with Crippen molar-refractivity contribution in [2.75, 3.05) is 13.1 Å². The fourth-order valence-corrected chi connectivity index (χ4v) is 1.79. The summed E-state index contributed by atoms with van der Waals surface area (Å²) in [7, 11) is 0. The van der Waals surface area contributed by atoms with Crippen LogP contribution in [0.5, 0.6) is 0 Å². The Morgan fingerprint density at radius 1 is 1.27 bits per heavy atom. The highest BCUT2D eigenvalue weighted by atomic mass is 14.9. The van der Waals surface area contributed by atoms with Gasteiger partial charge in [-0.2, -0.15) is 0 Å². The molecule has 1 rings (SSSR count). The molecule has 1 nitrogen and oxygen atoms in total. The van der Waals surface area contributed by atoms with E-state index >= 15 is 0 Å². The minimum absolute atomic E-state index is 0.802. The van der Waals surface area contributed by atoms with E-state index in [0.717, 1.165) is 11.8 Å². The summed E-state index contributed by atoms with van der Waals surface area (Å²) in [5.74, 6) is 1.80. The van der Waals surface area contributed by atoms with Gasteiger partial charge in [-0.3, -0.25) is 0 Å². The van der Waals surface area contributed by atoms with Crippen molar-refractivity contribution >= 4 is 0 Å². The molecule has 0 radical (unpaired) electrons. The molecule has 0 unspecified atom stereocenters. The first kappa shape index (κ1) is 9.05. The lowest BCUT2D eigenvalue weighted by Crippen LogP contribution is -2.25. The average molecular weight is 155 g/mol. The van der Waals surface area contributed by atoms with E-state index < -0.39 is 0 Å². The Bertz CT molecular complexity index is 93.0. The SMILES string of the molecule is CC(C)CNCC1CCCC1. The topological polar surface area (TPSA) is 12.0 Å². The monoisotopic (exact) mass is 155 g/mol. The maximum absolute atomic E-state index is 3.53. The third-order valence-electron chi connectivity index (χ3n) is 2.46. The van der Waals surface area contributed by atoms with Crippen LogP contribution in [0, 0.1) is 11.8 Å². The first-order valence-electron chi connectivity index (χ1n) is 4.99. The van der Waals surface area contributed by atoms with Gasteiger partial charge in [0.2, 0.25) is 0 Å². The molecule has 1 fully saturated rings. The summed E-state index contributed by atoms with van der Waals surface area (Å²) >= 11 is 0. The van der Waals surface area contributed by atoms with Crippen LogP contribution in [-0.2, 0) is 0 Å². The summed E-state index contributed by atoms with van der Waals surface area (Å²) < 4.78 is 0. The van der Waals surface area contributed by atoms with Crippen LogP contribution in [-0.4, -0.2) is 13.1 Å². The van der Waals surface area contributed by atoms with Crippen LogP contribution in [0.1, 0.15) is 39.5 Å². The van der Waals surface area contributed by atoms with Gasteiger partial charge < -0.3 is 5.32 Å². The van der Waals surface area contributed by atoms with E-state index in [4.69, 9.17) is 0 Å². The first-order chi connectivity index (χ1) is 5.29. The fraction of sp³-hybridized carbons (Fsp3) is 1.00. The molecule has 0 amide bonds. The van der Waals surface area contributed by atoms with Crippen LogP contribution in [0.3, 0.4) is 0 Å². The zero-order valence-electron chi connectivity index (χ0n) is 7.90. The van der Waals surface area contributed by atoms with Crippen LogP contribution < -0.4 is 5.32 Å². The molecule has 0 aromatic carbocycles. The van der Waals surface area contributed by atoms with Crippen LogP contribution in [0.2, 0.25) is 0 Å². The maximum atomic E-state index is 3.53. The second kappa shape index (κ2) is 4.76. The van der Waals surface area contributed by atoms with Gasteiger partial charge in [0.15, 0.2) is 0 Å². The third-order valence-corrected chi connectivity index (χ3v) is 2.46. The minimum Gasteiger partial charge on any atom is -0.316 e. The van der Waals surface area contributed by atoms with Crippen LogP contribution in [0.4, 0.5) is 0 Å². The van der Waals surface area contributed by atoms with Crippen molar-refractivity contribution in [3.05, 3.63) is 0 Å². The molecular weight excluding hydrogens is 134 g/mol. The molecule has 1 aliphatic rings. The normalized spacial score (nSPS) is 19.9. The Kier molecular flexibility index (Phi) is 3.92. The Hall–Kier alpha value is -0.0400. The maximum Gasteiger partial charge on any atom is -0.00204 e. The molecule has 1 heteroatoms. The van der Waals surface area contributed by atoms with E-state index in [1.54, 1.807) is 0 Å². The third kappa shape index (κ3) is 3.76. The highest BCUT2D eigenvalue weighted by molar-refractivity contribution is 4.69. The van der Waals surface area contributed by atoms with Crippen molar-refractivity contribution in [1.82, 2.24) is 5.32 Å². The van der Waals surface area contributed by atoms with Crippen molar-refractivity contribution < 1.29 is 0 Å². The van der Waals surface area contributed by atoms with Gasteiger partial charge in [-0.15, -0.1) is 0 Å². The summed E-state index contributed by atoms with van der Waals surface area (Å²) in [6.07, 6.45) is 5.86. The van der Waals surface area contributed by atoms with Crippen LogP contribution in [0.25, 0.3) is 0 Å². The predicted octanol–water partition coefficient (Wildman–Crippen LogP) is 2.42. The Morgan fingerprint density at radius 3 is 2.45 bits per heavy atom. The van der Waals surface area contributed by atoms with E-state index in [2.05, 4.69) is 19.2 Å². The van der Waals surface area contributed by atoms with E-state index in [0.29, 0.717) is 0 Å². The molecule has 0 aliphatic heterocycles. The highest BCUT2D eigenvalue weighted by Gasteiger charge is 2.13. The van der Waals surface area contributed by atoms with Gasteiger partial charge >= 0.3 is 0 Å². The summed E-state index contributed by atoms with van der Waals surface area (Å²) in [6, 6.07) is 0. The second-order valence-electron chi connectivity index (χ2n) is 4.20. The summed E-state index contributed by atoms with van der Waals surface area (Å²) in [4.78, 5) is 0. The zero-order valence-corrected chi connectivity index (χ0v) is 7.90. The van der Waals surface area contributed by atoms with E-state index in [1.807, 2.05) is 0 Å². The van der Waals surface area contributed by atoms with Gasteiger partial charge in [-0.05, 0) is 37.8 Å². The molecule has 1 saturated carbocycles. The molecule has 11 heavy (non-hydrogen) atoms. The number of nitrogens with one attached hydrogen (secondary N) is 1. The largest absolute Gasteiger partial charge is 0.316 e. The van der Waals surface area contributed by atoms with Gasteiger partial charge in [0, 0.05) is 0 Å². The smallest absolute Gasteiger partial charge is 0.00204 e. The molecular formula is C10H21N. The van der Waals surface area contributed by atoms with E-state index in [1.165, 1.54) is 38.8 Å². The fourth-order valence-electron chi connectivity index (χ4n) is 1.79. The molecule has 0 aromatic heterocycles. The van der Waals surface area contributed by atoms with Crippen molar-refractivity contribution in [1.29, 1.82) is 0 Å². The quantitative estimate of drug-likeness (QED) is 0.657. The Morgan fingerprint density at radius 2 is 1.91 bits per heavy atom. The Balaban J connectivity index is 1.94. The van der Waals surface area contributed by atoms with Crippen LogP contribution in [0.15, 0.2) is 0 Å². The molecule has 0 heterocycles. The molecule has 66 valence electrons. The number of rotatable bonds is 4. The second-order valence-corrected chi connectivity index (χ2v) is 4.20. The molecule has 1 aliphatic carbocycles. The van der Waals surface area contributed by atoms with Gasteiger partial charge in [-0.1, -0.05) is 26.7 Å². The predicted molar refractivity (Wildman–Crippen MR) is 49.7 cm³/mol. The first-order valence-corrected chi connectivity index (χ1v) is 4.99. The van der Waals surface area contributed by atoms with Crippen molar-refractivity contribution in [2.24, 2.45) is 11.8 Å². The Labute approximate surface area is 70.6 Å². The highest BCUT2D eigenvalue weighted by Crippen LogP contribution is 2.23. The molecule has 0 spiro atoms.